The van der Waals surface area contributed by atoms with Crippen LogP contribution in [0.4, 0.5) is 0 Å². The van der Waals surface area contributed by atoms with Crippen LogP contribution in [-0.4, -0.2) is 24.6 Å². The quantitative estimate of drug-likeness (QED) is 0.347. The molecule has 19 heavy (non-hydrogen) atoms. The Hall–Kier alpha value is -1.32. The molecule has 0 N–H and O–H groups in total. The topological polar surface area (TPSA) is 52.6 Å². The van der Waals surface area contributed by atoms with Gasteiger partial charge in [0.2, 0.25) is 0 Å². The van der Waals surface area contributed by atoms with Crippen molar-refractivity contribution in [1.82, 2.24) is 0 Å². The molecule has 0 bridgehead atoms. The van der Waals surface area contributed by atoms with Crippen LogP contribution in [0.3, 0.4) is 0 Å². The summed E-state index contributed by atoms with van der Waals surface area (Å²) in [5.41, 5.74) is 0. The van der Waals surface area contributed by atoms with Gasteiger partial charge in [-0.05, 0) is 19.3 Å². The molecule has 0 aromatic heterocycles. The van der Waals surface area contributed by atoms with Crippen molar-refractivity contribution in [2.75, 3.05) is 6.61 Å². The van der Waals surface area contributed by atoms with Crippen LogP contribution in [0.2, 0.25) is 0 Å². The summed E-state index contributed by atoms with van der Waals surface area (Å²) in [4.78, 5) is 22.7. The summed E-state index contributed by atoms with van der Waals surface area (Å²) in [6, 6.07) is 0. The minimum Gasteiger partial charge on any atom is -0.463 e. The van der Waals surface area contributed by atoms with Crippen molar-refractivity contribution in [2.24, 2.45) is 0 Å². The molecule has 0 aromatic carbocycles. The largest absolute Gasteiger partial charge is 0.463 e. The van der Waals surface area contributed by atoms with E-state index in [2.05, 4.69) is 6.92 Å². The second-order valence-electron chi connectivity index (χ2n) is 4.44. The first kappa shape index (κ1) is 17.7. The molecule has 0 aliphatic heterocycles. The smallest absolute Gasteiger partial charge is 0.331 e. The summed E-state index contributed by atoms with van der Waals surface area (Å²) in [5, 5.41) is 0. The van der Waals surface area contributed by atoms with E-state index in [1.165, 1.54) is 0 Å². The van der Waals surface area contributed by atoms with Gasteiger partial charge in [0.1, 0.15) is 6.10 Å². The van der Waals surface area contributed by atoms with Crippen LogP contribution in [0.5, 0.6) is 0 Å². The van der Waals surface area contributed by atoms with Crippen LogP contribution < -0.4 is 0 Å². The predicted molar refractivity (Wildman–Crippen MR) is 74.7 cm³/mol. The summed E-state index contributed by atoms with van der Waals surface area (Å²) in [6.45, 7) is 6.44. The van der Waals surface area contributed by atoms with E-state index < -0.39 is 11.9 Å². The molecule has 0 saturated carbocycles. The highest BCUT2D eigenvalue weighted by atomic mass is 16.5. The second-order valence-corrected chi connectivity index (χ2v) is 4.44. The zero-order valence-electron chi connectivity index (χ0n) is 12.3. The fraction of sp³-hybridized carbons (Fsp3) is 0.733. The van der Waals surface area contributed by atoms with Gasteiger partial charge in [0.25, 0.3) is 0 Å². The summed E-state index contributed by atoms with van der Waals surface area (Å²) in [6.07, 6.45) is 7.95. The molecule has 0 amide bonds. The lowest BCUT2D eigenvalue weighted by molar-refractivity contribution is -0.144. The Morgan fingerprint density at radius 3 is 2.16 bits per heavy atom. The van der Waals surface area contributed by atoms with E-state index in [0.717, 1.165) is 50.7 Å². The maximum atomic E-state index is 11.4. The third-order valence-electron chi connectivity index (χ3n) is 2.79. The van der Waals surface area contributed by atoms with Crippen molar-refractivity contribution in [2.45, 2.75) is 65.4 Å². The van der Waals surface area contributed by atoms with E-state index in [4.69, 9.17) is 9.47 Å². The van der Waals surface area contributed by atoms with E-state index >= 15 is 0 Å². The van der Waals surface area contributed by atoms with Crippen molar-refractivity contribution in [3.05, 3.63) is 12.2 Å². The Bertz CT molecular complexity index is 280. The molecule has 4 nitrogen and oxygen atoms in total. The van der Waals surface area contributed by atoms with Gasteiger partial charge in [-0.1, -0.05) is 40.0 Å². The average Bonchev–Trinajstić information content (AvgIpc) is 2.42. The Labute approximate surface area is 116 Å². The van der Waals surface area contributed by atoms with Gasteiger partial charge >= 0.3 is 11.9 Å². The van der Waals surface area contributed by atoms with E-state index in [0.29, 0.717) is 6.61 Å². The number of carbonyl (C=O) groups is 2. The third kappa shape index (κ3) is 10.3. The van der Waals surface area contributed by atoms with Gasteiger partial charge in [-0.3, -0.25) is 0 Å². The molecular weight excluding hydrogens is 244 g/mol. The second kappa shape index (κ2) is 11.8. The van der Waals surface area contributed by atoms with Crippen LogP contribution in [0.25, 0.3) is 0 Å². The fourth-order valence-corrected chi connectivity index (χ4v) is 1.54. The highest BCUT2D eigenvalue weighted by Crippen LogP contribution is 2.03. The predicted octanol–water partition coefficient (Wildman–Crippen LogP) is 3.40. The molecular formula is C15H26O4. The number of rotatable bonds is 10. The first-order valence-corrected chi connectivity index (χ1v) is 7.19. The highest BCUT2D eigenvalue weighted by molar-refractivity contribution is 5.91. The Balaban J connectivity index is 3.78. The molecule has 0 fully saturated rings. The third-order valence-corrected chi connectivity index (χ3v) is 2.79. The van der Waals surface area contributed by atoms with Crippen molar-refractivity contribution in [1.29, 1.82) is 0 Å². The van der Waals surface area contributed by atoms with Gasteiger partial charge in [0.15, 0.2) is 0 Å². The van der Waals surface area contributed by atoms with Gasteiger partial charge in [-0.2, -0.15) is 0 Å². The van der Waals surface area contributed by atoms with Crippen LogP contribution in [0.1, 0.15) is 59.3 Å². The minimum atomic E-state index is -0.489. The van der Waals surface area contributed by atoms with Crippen molar-refractivity contribution in [3.8, 4) is 0 Å². The number of unbranched alkanes of at least 4 members (excludes halogenated alkanes) is 3. The molecule has 4 heteroatoms. The Morgan fingerprint density at radius 1 is 0.947 bits per heavy atom. The monoisotopic (exact) mass is 270 g/mol. The first-order valence-electron chi connectivity index (χ1n) is 7.19. The Morgan fingerprint density at radius 2 is 1.58 bits per heavy atom. The number of ether oxygens (including phenoxy) is 2. The van der Waals surface area contributed by atoms with Gasteiger partial charge in [-0.15, -0.1) is 0 Å². The van der Waals surface area contributed by atoms with Crippen molar-refractivity contribution in [3.63, 3.8) is 0 Å². The lowest BCUT2D eigenvalue weighted by Crippen LogP contribution is -2.15. The highest BCUT2D eigenvalue weighted by Gasteiger charge is 2.08. The number of hydrogen-bond donors (Lipinski definition) is 0. The molecule has 0 radical (unpaired) electrons. The van der Waals surface area contributed by atoms with Crippen LogP contribution in [-0.2, 0) is 19.1 Å². The van der Waals surface area contributed by atoms with E-state index in [9.17, 15) is 9.59 Å². The molecule has 0 spiro atoms. The zero-order valence-corrected chi connectivity index (χ0v) is 12.3. The molecule has 0 aliphatic rings. The van der Waals surface area contributed by atoms with Crippen molar-refractivity contribution >= 4 is 11.9 Å². The first-order chi connectivity index (χ1) is 9.13. The SMILES string of the molecule is CCCCCCOC(=O)/C=C/C(=O)OC(CC)CC. The van der Waals surface area contributed by atoms with E-state index in [1.54, 1.807) is 0 Å². The average molecular weight is 270 g/mol. The lowest BCUT2D eigenvalue weighted by Gasteiger charge is -2.11. The number of hydrogen-bond acceptors (Lipinski definition) is 4. The molecule has 110 valence electrons. The van der Waals surface area contributed by atoms with E-state index in [-0.39, 0.29) is 6.10 Å². The van der Waals surface area contributed by atoms with Gasteiger partial charge in [-0.25, -0.2) is 9.59 Å². The van der Waals surface area contributed by atoms with Gasteiger partial charge in [0.05, 0.1) is 6.61 Å². The molecule has 0 saturated heterocycles. The number of esters is 2. The van der Waals surface area contributed by atoms with Crippen LogP contribution in [0, 0.1) is 0 Å². The normalized spacial score (nSPS) is 10.9. The summed E-state index contributed by atoms with van der Waals surface area (Å²) >= 11 is 0. The minimum absolute atomic E-state index is 0.0813. The van der Waals surface area contributed by atoms with Gasteiger partial charge < -0.3 is 9.47 Å². The Kier molecular flexibility index (Phi) is 10.9. The molecule has 0 heterocycles. The molecule has 0 aromatic rings. The summed E-state index contributed by atoms with van der Waals surface area (Å²) < 4.78 is 10.1. The maximum absolute atomic E-state index is 11.4. The molecule has 0 unspecified atom stereocenters. The van der Waals surface area contributed by atoms with Crippen LogP contribution in [0.15, 0.2) is 12.2 Å². The lowest BCUT2D eigenvalue weighted by atomic mass is 10.2. The van der Waals surface area contributed by atoms with Gasteiger partial charge in [0, 0.05) is 12.2 Å². The number of carbonyl (C=O) groups excluding carboxylic acids is 2. The summed E-state index contributed by atoms with van der Waals surface area (Å²) in [7, 11) is 0. The zero-order chi connectivity index (χ0) is 14.5. The maximum Gasteiger partial charge on any atom is 0.331 e. The molecule has 0 rings (SSSR count). The van der Waals surface area contributed by atoms with E-state index in [1.807, 2.05) is 13.8 Å². The fourth-order valence-electron chi connectivity index (χ4n) is 1.54. The molecule has 0 aliphatic carbocycles. The van der Waals surface area contributed by atoms with Crippen molar-refractivity contribution < 1.29 is 19.1 Å². The summed E-state index contributed by atoms with van der Waals surface area (Å²) in [5.74, 6) is -0.977. The van der Waals surface area contributed by atoms with Crippen LogP contribution >= 0.6 is 0 Å². The molecule has 0 atom stereocenters. The standard InChI is InChI=1S/C15H26O4/c1-4-7-8-9-12-18-14(16)10-11-15(17)19-13(5-2)6-3/h10-11,13H,4-9,12H2,1-3H3/b11-10+.